The first-order valence-electron chi connectivity index (χ1n) is 10.5. The number of nitrogens with zero attached hydrogens (tertiary/aromatic N) is 2. The van der Waals surface area contributed by atoms with Gasteiger partial charge in [-0.2, -0.15) is 5.10 Å². The predicted octanol–water partition coefficient (Wildman–Crippen LogP) is 6.92. The van der Waals surface area contributed by atoms with Gasteiger partial charge < -0.3 is 14.5 Å². The van der Waals surface area contributed by atoms with Gasteiger partial charge in [-0.15, -0.1) is 0 Å². The molecule has 8 heteroatoms. The summed E-state index contributed by atoms with van der Waals surface area (Å²) < 4.78 is 14.0. The topological polar surface area (TPSA) is 69.3 Å². The summed E-state index contributed by atoms with van der Waals surface area (Å²) in [5, 5.41) is 10.1. The van der Waals surface area contributed by atoms with Crippen LogP contribution in [-0.2, 0) is 13.2 Å². The molecule has 1 amide bonds. The van der Waals surface area contributed by atoms with Gasteiger partial charge in [-0.05, 0) is 46.7 Å². The Morgan fingerprint density at radius 3 is 2.82 bits per heavy atom. The molecule has 170 valence electrons. The number of furan rings is 1. The van der Waals surface area contributed by atoms with Crippen molar-refractivity contribution in [1.82, 2.24) is 9.78 Å². The lowest BCUT2D eigenvalue weighted by molar-refractivity contribution is 0.0992. The standard InChI is InChI=1S/C26H19BrClN3O3/c27-19-8-10-24(23(28)12-19)33-16-21-9-11-25(34-21)26(32)30-20-13-29-31(15-20)14-18-6-3-5-17-4-1-2-7-22(17)18/h1-13,15H,14,16H2,(H,30,32). The summed E-state index contributed by atoms with van der Waals surface area (Å²) in [7, 11) is 0. The van der Waals surface area contributed by atoms with E-state index in [0.717, 1.165) is 10.0 Å². The number of nitrogens with one attached hydrogen (secondary N) is 1. The van der Waals surface area contributed by atoms with Crippen LogP contribution in [0.3, 0.4) is 0 Å². The highest BCUT2D eigenvalue weighted by molar-refractivity contribution is 9.10. The first kappa shape index (κ1) is 22.3. The molecule has 2 heterocycles. The molecule has 0 spiro atoms. The molecule has 0 saturated heterocycles. The zero-order valence-electron chi connectivity index (χ0n) is 17.9. The van der Waals surface area contributed by atoms with Crippen LogP contribution in [0.4, 0.5) is 5.69 Å². The average molecular weight is 537 g/mol. The van der Waals surface area contributed by atoms with Crippen LogP contribution in [0.1, 0.15) is 21.9 Å². The van der Waals surface area contributed by atoms with E-state index in [9.17, 15) is 4.79 Å². The summed E-state index contributed by atoms with van der Waals surface area (Å²) in [4.78, 5) is 12.6. The highest BCUT2D eigenvalue weighted by Crippen LogP contribution is 2.28. The maximum absolute atomic E-state index is 12.6. The van der Waals surface area contributed by atoms with E-state index < -0.39 is 0 Å². The summed E-state index contributed by atoms with van der Waals surface area (Å²) in [6, 6.07) is 23.1. The molecule has 0 aliphatic heterocycles. The van der Waals surface area contributed by atoms with Gasteiger partial charge in [0.2, 0.25) is 0 Å². The monoisotopic (exact) mass is 535 g/mol. The van der Waals surface area contributed by atoms with Crippen LogP contribution in [0.2, 0.25) is 5.02 Å². The number of benzene rings is 3. The van der Waals surface area contributed by atoms with Crippen molar-refractivity contribution in [2.45, 2.75) is 13.2 Å². The molecule has 0 aliphatic rings. The lowest BCUT2D eigenvalue weighted by atomic mass is 10.0. The van der Waals surface area contributed by atoms with Crippen LogP contribution < -0.4 is 10.1 Å². The van der Waals surface area contributed by atoms with Crippen LogP contribution in [0.5, 0.6) is 5.75 Å². The molecule has 5 rings (SSSR count). The number of ether oxygens (including phenoxy) is 1. The number of anilines is 1. The molecule has 5 aromatic rings. The van der Waals surface area contributed by atoms with Crippen LogP contribution in [0, 0.1) is 0 Å². The Hall–Kier alpha value is -3.55. The van der Waals surface area contributed by atoms with Crippen molar-refractivity contribution in [1.29, 1.82) is 0 Å². The van der Waals surface area contributed by atoms with E-state index in [1.165, 1.54) is 10.8 Å². The molecule has 0 bridgehead atoms. The zero-order valence-corrected chi connectivity index (χ0v) is 20.2. The molecule has 34 heavy (non-hydrogen) atoms. The number of hydrogen-bond acceptors (Lipinski definition) is 4. The minimum Gasteiger partial charge on any atom is -0.484 e. The fourth-order valence-corrected chi connectivity index (χ4v) is 4.36. The third kappa shape index (κ3) is 5.00. The van der Waals surface area contributed by atoms with Gasteiger partial charge in [0.25, 0.3) is 5.91 Å². The first-order chi connectivity index (χ1) is 16.5. The van der Waals surface area contributed by atoms with Gasteiger partial charge in [-0.3, -0.25) is 9.48 Å². The predicted molar refractivity (Wildman–Crippen MR) is 135 cm³/mol. The quantitative estimate of drug-likeness (QED) is 0.245. The third-order valence-electron chi connectivity index (χ3n) is 5.25. The molecule has 0 saturated carbocycles. The number of hydrogen-bond donors (Lipinski definition) is 1. The Morgan fingerprint density at radius 1 is 1.09 bits per heavy atom. The smallest absolute Gasteiger partial charge is 0.291 e. The average Bonchev–Trinajstić information content (AvgIpc) is 3.48. The summed E-state index contributed by atoms with van der Waals surface area (Å²) in [5.41, 5.74) is 1.74. The number of carbonyl (C=O) groups is 1. The molecule has 0 fully saturated rings. The normalized spacial score (nSPS) is 11.0. The van der Waals surface area contributed by atoms with Crippen molar-refractivity contribution < 1.29 is 13.9 Å². The van der Waals surface area contributed by atoms with Crippen LogP contribution in [-0.4, -0.2) is 15.7 Å². The van der Waals surface area contributed by atoms with E-state index >= 15 is 0 Å². The van der Waals surface area contributed by atoms with E-state index in [-0.39, 0.29) is 18.3 Å². The van der Waals surface area contributed by atoms with Crippen LogP contribution >= 0.6 is 27.5 Å². The number of carbonyl (C=O) groups excluding carboxylic acids is 1. The van der Waals surface area contributed by atoms with Gasteiger partial charge in [-0.25, -0.2) is 0 Å². The Labute approximate surface area is 209 Å². The SMILES string of the molecule is O=C(Nc1cnn(Cc2cccc3ccccc23)c1)c1ccc(COc2ccc(Br)cc2Cl)o1. The molecule has 3 aromatic carbocycles. The molecular weight excluding hydrogens is 518 g/mol. The summed E-state index contributed by atoms with van der Waals surface area (Å²) in [6.45, 7) is 0.746. The van der Waals surface area contributed by atoms with Crippen molar-refractivity contribution >= 4 is 49.9 Å². The minimum absolute atomic E-state index is 0.150. The number of amides is 1. The summed E-state index contributed by atoms with van der Waals surface area (Å²) >= 11 is 9.52. The molecule has 0 unspecified atom stereocenters. The molecule has 0 atom stereocenters. The van der Waals surface area contributed by atoms with Gasteiger partial charge in [-0.1, -0.05) is 70.0 Å². The summed E-state index contributed by atoms with van der Waals surface area (Å²) in [5.74, 6) is 0.863. The second-order valence-electron chi connectivity index (χ2n) is 7.65. The molecule has 1 N–H and O–H groups in total. The summed E-state index contributed by atoms with van der Waals surface area (Å²) in [6.07, 6.45) is 3.41. The van der Waals surface area contributed by atoms with Crippen molar-refractivity contribution in [2.24, 2.45) is 0 Å². The second-order valence-corrected chi connectivity index (χ2v) is 8.97. The van der Waals surface area contributed by atoms with Gasteiger partial charge >= 0.3 is 0 Å². The third-order valence-corrected chi connectivity index (χ3v) is 6.04. The van der Waals surface area contributed by atoms with Crippen LogP contribution in [0.25, 0.3) is 10.8 Å². The molecule has 0 aliphatic carbocycles. The van der Waals surface area contributed by atoms with Gasteiger partial charge in [0.15, 0.2) is 5.76 Å². The van der Waals surface area contributed by atoms with Gasteiger partial charge in [0, 0.05) is 10.7 Å². The Morgan fingerprint density at radius 2 is 1.94 bits per heavy atom. The largest absolute Gasteiger partial charge is 0.484 e. The van der Waals surface area contributed by atoms with Gasteiger partial charge in [0.1, 0.15) is 18.1 Å². The Kier molecular flexibility index (Phi) is 6.38. The van der Waals surface area contributed by atoms with E-state index in [0.29, 0.717) is 28.8 Å². The van der Waals surface area contributed by atoms with Crippen molar-refractivity contribution in [3.8, 4) is 5.75 Å². The maximum Gasteiger partial charge on any atom is 0.291 e. The molecular formula is C26H19BrClN3O3. The highest BCUT2D eigenvalue weighted by atomic mass is 79.9. The number of rotatable bonds is 7. The van der Waals surface area contributed by atoms with E-state index in [1.54, 1.807) is 41.3 Å². The lowest BCUT2D eigenvalue weighted by Crippen LogP contribution is -2.10. The molecule has 6 nitrogen and oxygen atoms in total. The first-order valence-corrected chi connectivity index (χ1v) is 11.7. The Balaban J connectivity index is 1.21. The number of fused-ring (bicyclic) bond motifs is 1. The fourth-order valence-electron chi connectivity index (χ4n) is 3.63. The lowest BCUT2D eigenvalue weighted by Gasteiger charge is -2.07. The second kappa shape index (κ2) is 9.75. The van der Waals surface area contributed by atoms with Crippen molar-refractivity contribution in [3.63, 3.8) is 0 Å². The van der Waals surface area contributed by atoms with E-state index in [4.69, 9.17) is 20.8 Å². The zero-order chi connectivity index (χ0) is 23.5. The molecule has 2 aromatic heterocycles. The van der Waals surface area contributed by atoms with Crippen molar-refractivity contribution in [2.75, 3.05) is 5.32 Å². The van der Waals surface area contributed by atoms with E-state index in [2.05, 4.69) is 50.6 Å². The number of halogens is 2. The molecule has 0 radical (unpaired) electrons. The van der Waals surface area contributed by atoms with E-state index in [1.807, 2.05) is 24.3 Å². The fraction of sp³-hybridized carbons (Fsp3) is 0.0769. The highest BCUT2D eigenvalue weighted by Gasteiger charge is 2.14. The minimum atomic E-state index is -0.363. The van der Waals surface area contributed by atoms with Crippen LogP contribution in [0.15, 0.2) is 94.1 Å². The van der Waals surface area contributed by atoms with Crippen molar-refractivity contribution in [3.05, 3.63) is 112 Å². The Bertz CT molecular complexity index is 1470. The van der Waals surface area contributed by atoms with Gasteiger partial charge in [0.05, 0.1) is 23.5 Å². The maximum atomic E-state index is 12.6. The number of aromatic nitrogens is 2.